The topological polar surface area (TPSA) is 49.3 Å². The van der Waals surface area contributed by atoms with Crippen LogP contribution in [0.3, 0.4) is 0 Å². The molecule has 0 spiro atoms. The van der Waals surface area contributed by atoms with Gasteiger partial charge in [0, 0.05) is 30.1 Å². The maximum atomic E-state index is 10.9. The van der Waals surface area contributed by atoms with Gasteiger partial charge in [0.1, 0.15) is 0 Å². The van der Waals surface area contributed by atoms with E-state index < -0.39 is 0 Å². The minimum absolute atomic E-state index is 0.181. The molecule has 2 N–H and O–H groups in total. The fourth-order valence-electron chi connectivity index (χ4n) is 1.35. The van der Waals surface area contributed by atoms with E-state index in [0.29, 0.717) is 17.7 Å². The van der Waals surface area contributed by atoms with Gasteiger partial charge in [-0.3, -0.25) is 4.79 Å². The third kappa shape index (κ3) is 4.00. The molecule has 0 aromatic carbocycles. The molecule has 1 rings (SSSR count). The molecule has 76 valence electrons. The highest BCUT2D eigenvalue weighted by molar-refractivity contribution is 7.99. The van der Waals surface area contributed by atoms with Gasteiger partial charge in [-0.05, 0) is 12.8 Å². The summed E-state index contributed by atoms with van der Waals surface area (Å²) in [6.07, 6.45) is 2.49. The van der Waals surface area contributed by atoms with E-state index in [2.05, 4.69) is 12.2 Å². The molecule has 0 aromatic heterocycles. The van der Waals surface area contributed by atoms with Crippen LogP contribution in [0.15, 0.2) is 0 Å². The minimum atomic E-state index is 0.181. The molecule has 1 aliphatic heterocycles. The maximum absolute atomic E-state index is 10.9. The Morgan fingerprint density at radius 2 is 2.54 bits per heavy atom. The van der Waals surface area contributed by atoms with Gasteiger partial charge in [0.05, 0.1) is 0 Å². The Morgan fingerprint density at radius 3 is 3.08 bits per heavy atom. The molecule has 1 amide bonds. The Labute approximate surface area is 83.3 Å². The lowest BCUT2D eigenvalue weighted by Crippen LogP contribution is -2.27. The van der Waals surface area contributed by atoms with Crippen molar-refractivity contribution in [2.45, 2.75) is 37.5 Å². The average Bonchev–Trinajstić information content (AvgIpc) is 2.49. The van der Waals surface area contributed by atoms with E-state index in [0.717, 1.165) is 18.6 Å². The van der Waals surface area contributed by atoms with E-state index in [-0.39, 0.29) is 12.5 Å². The summed E-state index contributed by atoms with van der Waals surface area (Å²) >= 11 is 1.83. The van der Waals surface area contributed by atoms with E-state index in [1.54, 1.807) is 0 Å². The van der Waals surface area contributed by atoms with E-state index in [4.69, 9.17) is 5.11 Å². The van der Waals surface area contributed by atoms with Gasteiger partial charge in [0.15, 0.2) is 0 Å². The summed E-state index contributed by atoms with van der Waals surface area (Å²) in [5, 5.41) is 12.1. The Bertz CT molecular complexity index is 175. The Morgan fingerprint density at radius 1 is 1.77 bits per heavy atom. The van der Waals surface area contributed by atoms with Crippen LogP contribution in [0.2, 0.25) is 0 Å². The second-order valence-electron chi connectivity index (χ2n) is 3.46. The first-order chi connectivity index (χ1) is 6.22. The second kappa shape index (κ2) is 5.50. The normalized spacial score (nSPS) is 24.5. The number of thioether (sulfide) groups is 1. The van der Waals surface area contributed by atoms with Crippen molar-refractivity contribution in [3.8, 4) is 0 Å². The molecule has 1 heterocycles. The molecule has 3 nitrogen and oxygen atoms in total. The molecule has 2 atom stereocenters. The Hall–Kier alpha value is -0.220. The smallest absolute Gasteiger partial charge is 0.220 e. The third-order valence-electron chi connectivity index (χ3n) is 2.20. The van der Waals surface area contributed by atoms with E-state index >= 15 is 0 Å². The van der Waals surface area contributed by atoms with Crippen molar-refractivity contribution < 1.29 is 9.90 Å². The molecule has 1 aliphatic rings. The highest BCUT2D eigenvalue weighted by Gasteiger charge is 2.20. The molecule has 1 saturated heterocycles. The standard InChI is InChI=1S/C9H17NO2S/c1-7(4-5-11)13-6-8-2-3-9(12)10-8/h7-8,11H,2-6H2,1H3,(H,10,12). The van der Waals surface area contributed by atoms with Crippen LogP contribution in [0.5, 0.6) is 0 Å². The number of hydrogen-bond donors (Lipinski definition) is 2. The zero-order valence-electron chi connectivity index (χ0n) is 7.95. The molecule has 0 radical (unpaired) electrons. The molecule has 0 bridgehead atoms. The summed E-state index contributed by atoms with van der Waals surface area (Å²) in [5.41, 5.74) is 0. The van der Waals surface area contributed by atoms with Crippen LogP contribution in [-0.2, 0) is 4.79 Å². The third-order valence-corrected chi connectivity index (χ3v) is 3.60. The van der Waals surface area contributed by atoms with Crippen LogP contribution in [0.25, 0.3) is 0 Å². The second-order valence-corrected chi connectivity index (χ2v) is 4.93. The van der Waals surface area contributed by atoms with Crippen molar-refractivity contribution in [1.82, 2.24) is 5.32 Å². The highest BCUT2D eigenvalue weighted by atomic mass is 32.2. The largest absolute Gasteiger partial charge is 0.396 e. The molecule has 4 heteroatoms. The van der Waals surface area contributed by atoms with Gasteiger partial charge in [-0.25, -0.2) is 0 Å². The van der Waals surface area contributed by atoms with E-state index in [1.165, 1.54) is 0 Å². The summed E-state index contributed by atoms with van der Waals surface area (Å²) in [7, 11) is 0. The van der Waals surface area contributed by atoms with E-state index in [9.17, 15) is 4.79 Å². The fraction of sp³-hybridized carbons (Fsp3) is 0.889. The van der Waals surface area contributed by atoms with Crippen LogP contribution in [-0.4, -0.2) is 34.7 Å². The number of aliphatic hydroxyl groups excluding tert-OH is 1. The van der Waals surface area contributed by atoms with Crippen molar-refractivity contribution in [2.24, 2.45) is 0 Å². The number of rotatable bonds is 5. The Kier molecular flexibility index (Phi) is 4.59. The molecule has 0 saturated carbocycles. The van der Waals surface area contributed by atoms with Gasteiger partial charge in [-0.1, -0.05) is 6.92 Å². The van der Waals surface area contributed by atoms with Crippen molar-refractivity contribution in [3.63, 3.8) is 0 Å². The van der Waals surface area contributed by atoms with Gasteiger partial charge in [-0.15, -0.1) is 0 Å². The summed E-state index contributed by atoms with van der Waals surface area (Å²) in [5.74, 6) is 1.16. The molecular formula is C9H17NO2S. The lowest BCUT2D eigenvalue weighted by Gasteiger charge is -2.13. The zero-order chi connectivity index (χ0) is 9.68. The number of hydrogen-bond acceptors (Lipinski definition) is 3. The number of aliphatic hydroxyl groups is 1. The number of carbonyl (C=O) groups excluding carboxylic acids is 1. The average molecular weight is 203 g/mol. The minimum Gasteiger partial charge on any atom is -0.396 e. The number of carbonyl (C=O) groups is 1. The molecule has 0 aromatic rings. The SMILES string of the molecule is CC(CCO)SCC1CCC(=O)N1. The lowest BCUT2D eigenvalue weighted by molar-refractivity contribution is -0.119. The number of nitrogens with one attached hydrogen (secondary N) is 1. The van der Waals surface area contributed by atoms with E-state index in [1.807, 2.05) is 11.8 Å². The van der Waals surface area contributed by atoms with Crippen molar-refractivity contribution in [3.05, 3.63) is 0 Å². The van der Waals surface area contributed by atoms with Crippen molar-refractivity contribution in [2.75, 3.05) is 12.4 Å². The monoisotopic (exact) mass is 203 g/mol. The van der Waals surface area contributed by atoms with Crippen LogP contribution in [0.1, 0.15) is 26.2 Å². The summed E-state index contributed by atoms with van der Waals surface area (Å²) in [6, 6.07) is 0.360. The van der Waals surface area contributed by atoms with Crippen LogP contribution in [0.4, 0.5) is 0 Å². The van der Waals surface area contributed by atoms with Crippen LogP contribution >= 0.6 is 11.8 Å². The van der Waals surface area contributed by atoms with Gasteiger partial charge >= 0.3 is 0 Å². The first-order valence-electron chi connectivity index (χ1n) is 4.74. The molecule has 0 aliphatic carbocycles. The molecule has 1 fully saturated rings. The summed E-state index contributed by atoms with van der Waals surface area (Å²) in [6.45, 7) is 2.36. The molecule has 13 heavy (non-hydrogen) atoms. The van der Waals surface area contributed by atoms with Gasteiger partial charge in [-0.2, -0.15) is 11.8 Å². The zero-order valence-corrected chi connectivity index (χ0v) is 8.77. The first kappa shape index (κ1) is 10.9. The van der Waals surface area contributed by atoms with Crippen molar-refractivity contribution in [1.29, 1.82) is 0 Å². The van der Waals surface area contributed by atoms with Gasteiger partial charge < -0.3 is 10.4 Å². The quantitative estimate of drug-likeness (QED) is 0.694. The predicted octanol–water partition coefficient (Wildman–Crippen LogP) is 0.769. The first-order valence-corrected chi connectivity index (χ1v) is 5.79. The highest BCUT2D eigenvalue weighted by Crippen LogP contribution is 2.18. The van der Waals surface area contributed by atoms with Gasteiger partial charge in [0.25, 0.3) is 0 Å². The molecular weight excluding hydrogens is 186 g/mol. The lowest BCUT2D eigenvalue weighted by atomic mass is 10.2. The van der Waals surface area contributed by atoms with Gasteiger partial charge in [0.2, 0.25) is 5.91 Å². The number of amides is 1. The van der Waals surface area contributed by atoms with Crippen LogP contribution in [0, 0.1) is 0 Å². The Balaban J connectivity index is 2.08. The predicted molar refractivity (Wildman–Crippen MR) is 54.8 cm³/mol. The van der Waals surface area contributed by atoms with Crippen molar-refractivity contribution >= 4 is 17.7 Å². The summed E-state index contributed by atoms with van der Waals surface area (Å²) in [4.78, 5) is 10.9. The molecule has 2 unspecified atom stereocenters. The fourth-order valence-corrected chi connectivity index (χ4v) is 2.43. The maximum Gasteiger partial charge on any atom is 0.220 e. The van der Waals surface area contributed by atoms with Crippen LogP contribution < -0.4 is 5.32 Å². The summed E-state index contributed by atoms with van der Waals surface area (Å²) < 4.78 is 0.